The van der Waals surface area contributed by atoms with E-state index in [2.05, 4.69) is 10.6 Å². The number of benzene rings is 1. The Morgan fingerprint density at radius 1 is 1.24 bits per heavy atom. The van der Waals surface area contributed by atoms with Gasteiger partial charge in [0.25, 0.3) is 0 Å². The molecule has 2 N–H and O–H groups in total. The number of nitrogens with one attached hydrogen (secondary N) is 2. The number of carbonyl (C=O) groups is 3. The molecule has 1 aromatic heterocycles. The molecule has 0 bridgehead atoms. The Morgan fingerprint density at radius 3 is 2.64 bits per heavy atom. The monoisotopic (exact) mass is 341 g/mol. The molecule has 2 heterocycles. The molecule has 3 rings (SSSR count). The van der Waals surface area contributed by atoms with E-state index in [1.165, 1.54) is 6.92 Å². The van der Waals surface area contributed by atoms with Crippen LogP contribution in [0.2, 0.25) is 0 Å². The van der Waals surface area contributed by atoms with Crippen LogP contribution in [-0.2, 0) is 20.9 Å². The van der Waals surface area contributed by atoms with Crippen molar-refractivity contribution < 1.29 is 18.8 Å². The maximum absolute atomic E-state index is 12.3. The van der Waals surface area contributed by atoms with Crippen LogP contribution in [0.15, 0.2) is 47.1 Å². The second kappa shape index (κ2) is 7.21. The highest BCUT2D eigenvalue weighted by Crippen LogP contribution is 2.26. The molecule has 7 heteroatoms. The topological polar surface area (TPSA) is 91.7 Å². The number of amides is 3. The molecule has 130 valence electrons. The molecule has 1 atom stereocenters. The molecule has 0 radical (unpaired) electrons. The molecular formula is C18H19N3O4. The van der Waals surface area contributed by atoms with Gasteiger partial charge in [0.1, 0.15) is 5.76 Å². The number of hydrogen-bond donors (Lipinski definition) is 2. The van der Waals surface area contributed by atoms with E-state index < -0.39 is 5.92 Å². The van der Waals surface area contributed by atoms with Crippen molar-refractivity contribution in [3.05, 3.63) is 48.4 Å². The molecular weight excluding hydrogens is 322 g/mol. The number of furan rings is 1. The first-order valence-electron chi connectivity index (χ1n) is 8.01. The van der Waals surface area contributed by atoms with Crippen molar-refractivity contribution in [1.29, 1.82) is 0 Å². The molecule has 1 fully saturated rings. The van der Waals surface area contributed by atoms with Crippen molar-refractivity contribution in [2.75, 3.05) is 16.8 Å². The Kier molecular flexibility index (Phi) is 4.83. The third kappa shape index (κ3) is 4.06. The molecule has 0 unspecified atom stereocenters. The minimum Gasteiger partial charge on any atom is -0.467 e. The quantitative estimate of drug-likeness (QED) is 0.869. The third-order valence-corrected chi connectivity index (χ3v) is 4.01. The Bertz CT molecular complexity index is 768. The summed E-state index contributed by atoms with van der Waals surface area (Å²) in [4.78, 5) is 37.1. The Morgan fingerprint density at radius 2 is 2.00 bits per heavy atom. The lowest BCUT2D eigenvalue weighted by Crippen LogP contribution is -2.32. The number of hydrogen-bond acceptors (Lipinski definition) is 4. The van der Waals surface area contributed by atoms with E-state index in [0.717, 1.165) is 0 Å². The molecule has 3 amide bonds. The zero-order valence-corrected chi connectivity index (χ0v) is 13.8. The van der Waals surface area contributed by atoms with E-state index in [1.807, 2.05) is 0 Å². The number of anilines is 2. The van der Waals surface area contributed by atoms with Crippen molar-refractivity contribution in [2.24, 2.45) is 5.92 Å². The van der Waals surface area contributed by atoms with Crippen LogP contribution in [0.25, 0.3) is 0 Å². The minimum atomic E-state index is -0.391. The molecule has 1 aliphatic heterocycles. The Labute approximate surface area is 145 Å². The fraction of sp³-hybridized carbons (Fsp3) is 0.278. The second-order valence-electron chi connectivity index (χ2n) is 5.93. The second-order valence-corrected chi connectivity index (χ2v) is 5.93. The number of nitrogens with zero attached hydrogens (tertiary/aromatic N) is 1. The highest BCUT2D eigenvalue weighted by Gasteiger charge is 2.35. The van der Waals surface area contributed by atoms with Crippen LogP contribution in [-0.4, -0.2) is 24.3 Å². The van der Waals surface area contributed by atoms with Gasteiger partial charge in [-0.2, -0.15) is 0 Å². The summed E-state index contributed by atoms with van der Waals surface area (Å²) in [5, 5.41) is 5.47. The highest BCUT2D eigenvalue weighted by molar-refractivity contribution is 6.00. The third-order valence-electron chi connectivity index (χ3n) is 4.01. The van der Waals surface area contributed by atoms with Crippen LogP contribution in [0.3, 0.4) is 0 Å². The van der Waals surface area contributed by atoms with Crippen molar-refractivity contribution >= 4 is 29.1 Å². The fourth-order valence-electron chi connectivity index (χ4n) is 2.79. The van der Waals surface area contributed by atoms with Crippen molar-refractivity contribution in [2.45, 2.75) is 19.9 Å². The average Bonchev–Trinajstić information content (AvgIpc) is 3.22. The maximum atomic E-state index is 12.3. The summed E-state index contributed by atoms with van der Waals surface area (Å²) in [6, 6.07) is 10.5. The lowest BCUT2D eigenvalue weighted by Gasteiger charge is -2.17. The largest absolute Gasteiger partial charge is 0.467 e. The van der Waals surface area contributed by atoms with Gasteiger partial charge in [-0.1, -0.05) is 0 Å². The van der Waals surface area contributed by atoms with Gasteiger partial charge in [0.2, 0.25) is 17.7 Å². The first kappa shape index (κ1) is 16.8. The summed E-state index contributed by atoms with van der Waals surface area (Å²) in [7, 11) is 0. The first-order valence-corrected chi connectivity index (χ1v) is 8.01. The van der Waals surface area contributed by atoms with Gasteiger partial charge >= 0.3 is 0 Å². The minimum absolute atomic E-state index is 0.0922. The molecule has 1 saturated heterocycles. The zero-order valence-electron chi connectivity index (χ0n) is 13.8. The molecule has 0 spiro atoms. The maximum Gasteiger partial charge on any atom is 0.227 e. The Hall–Kier alpha value is -3.09. The van der Waals surface area contributed by atoms with Gasteiger partial charge in [0.05, 0.1) is 18.7 Å². The highest BCUT2D eigenvalue weighted by atomic mass is 16.3. The summed E-state index contributed by atoms with van der Waals surface area (Å²) in [6.45, 7) is 2.08. The van der Waals surface area contributed by atoms with Crippen LogP contribution in [0, 0.1) is 5.92 Å². The lowest BCUT2D eigenvalue weighted by atomic mass is 10.1. The van der Waals surface area contributed by atoms with E-state index in [0.29, 0.717) is 30.2 Å². The van der Waals surface area contributed by atoms with Crippen LogP contribution in [0.5, 0.6) is 0 Å². The zero-order chi connectivity index (χ0) is 17.8. The summed E-state index contributed by atoms with van der Waals surface area (Å²) < 4.78 is 5.17. The normalized spacial score (nSPS) is 16.8. The van der Waals surface area contributed by atoms with Gasteiger partial charge < -0.3 is 20.0 Å². The Balaban J connectivity index is 1.59. The predicted molar refractivity (Wildman–Crippen MR) is 91.8 cm³/mol. The SMILES string of the molecule is CC(=O)Nc1ccc(N2C[C@H](C(=O)NCc3ccco3)CC2=O)cc1. The summed E-state index contributed by atoms with van der Waals surface area (Å²) in [5.41, 5.74) is 1.37. The fourth-order valence-corrected chi connectivity index (χ4v) is 2.79. The first-order chi connectivity index (χ1) is 12.0. The molecule has 0 saturated carbocycles. The van der Waals surface area contributed by atoms with Crippen LogP contribution in [0.1, 0.15) is 19.1 Å². The van der Waals surface area contributed by atoms with Crippen LogP contribution < -0.4 is 15.5 Å². The standard InChI is InChI=1S/C18H19N3O4/c1-12(22)20-14-4-6-15(7-5-14)21-11-13(9-17(21)23)18(24)19-10-16-3-2-8-25-16/h2-8,13H,9-11H2,1H3,(H,19,24)(H,20,22)/t13-/m1/s1. The van der Waals surface area contributed by atoms with Gasteiger partial charge in [-0.05, 0) is 36.4 Å². The molecule has 0 aliphatic carbocycles. The van der Waals surface area contributed by atoms with E-state index in [1.54, 1.807) is 47.6 Å². The van der Waals surface area contributed by atoms with E-state index in [-0.39, 0.29) is 24.1 Å². The van der Waals surface area contributed by atoms with Crippen molar-refractivity contribution in [1.82, 2.24) is 5.32 Å². The van der Waals surface area contributed by atoms with E-state index in [4.69, 9.17) is 4.42 Å². The van der Waals surface area contributed by atoms with E-state index in [9.17, 15) is 14.4 Å². The predicted octanol–water partition coefficient (Wildman–Crippen LogP) is 1.91. The van der Waals surface area contributed by atoms with Crippen molar-refractivity contribution in [3.8, 4) is 0 Å². The lowest BCUT2D eigenvalue weighted by molar-refractivity contribution is -0.126. The van der Waals surface area contributed by atoms with Crippen molar-refractivity contribution in [3.63, 3.8) is 0 Å². The van der Waals surface area contributed by atoms with Gasteiger partial charge in [-0.25, -0.2) is 0 Å². The summed E-state index contributed by atoms with van der Waals surface area (Å²) >= 11 is 0. The van der Waals surface area contributed by atoms with Gasteiger partial charge in [0.15, 0.2) is 0 Å². The number of rotatable bonds is 5. The smallest absolute Gasteiger partial charge is 0.227 e. The average molecular weight is 341 g/mol. The molecule has 1 aromatic carbocycles. The number of carbonyl (C=O) groups excluding carboxylic acids is 3. The van der Waals surface area contributed by atoms with Gasteiger partial charge in [0, 0.05) is 31.3 Å². The molecule has 2 aromatic rings. The molecule has 1 aliphatic rings. The van der Waals surface area contributed by atoms with Crippen LogP contribution in [0.4, 0.5) is 11.4 Å². The van der Waals surface area contributed by atoms with Gasteiger partial charge in [-0.15, -0.1) is 0 Å². The van der Waals surface area contributed by atoms with E-state index >= 15 is 0 Å². The summed E-state index contributed by atoms with van der Waals surface area (Å²) in [6.07, 6.45) is 1.73. The summed E-state index contributed by atoms with van der Waals surface area (Å²) in [5.74, 6) is -0.133. The van der Waals surface area contributed by atoms with Gasteiger partial charge in [-0.3, -0.25) is 14.4 Å². The van der Waals surface area contributed by atoms with Crippen LogP contribution >= 0.6 is 0 Å². The molecule has 25 heavy (non-hydrogen) atoms. The molecule has 7 nitrogen and oxygen atoms in total.